The summed E-state index contributed by atoms with van der Waals surface area (Å²) in [5, 5.41) is 19.2. The van der Waals surface area contributed by atoms with E-state index in [4.69, 9.17) is 14.9 Å². The first-order chi connectivity index (χ1) is 17.2. The van der Waals surface area contributed by atoms with Crippen LogP contribution in [-0.2, 0) is 20.9 Å². The van der Waals surface area contributed by atoms with E-state index in [9.17, 15) is 14.4 Å². The van der Waals surface area contributed by atoms with E-state index in [0.717, 1.165) is 5.56 Å². The molecule has 0 saturated carbocycles. The van der Waals surface area contributed by atoms with E-state index in [-0.39, 0.29) is 6.61 Å². The van der Waals surface area contributed by atoms with Crippen LogP contribution in [0.25, 0.3) is 0 Å². The van der Waals surface area contributed by atoms with Crippen LogP contribution in [0.1, 0.15) is 91.0 Å². The molecule has 3 N–H and O–H groups in total. The molecule has 0 aliphatic carbocycles. The van der Waals surface area contributed by atoms with Gasteiger partial charge in [0, 0.05) is 0 Å². The number of aliphatic carboxylic acids is 2. The van der Waals surface area contributed by atoms with Crippen molar-refractivity contribution in [1.82, 2.24) is 5.32 Å². The molecule has 7 nitrogen and oxygen atoms in total. The Morgan fingerprint density at radius 2 is 1.25 bits per heavy atom. The van der Waals surface area contributed by atoms with E-state index in [1.54, 1.807) is 55.0 Å². The van der Waals surface area contributed by atoms with Crippen molar-refractivity contribution in [1.29, 1.82) is 0 Å². The Morgan fingerprint density at radius 3 is 1.61 bits per heavy atom. The number of ether oxygens (including phenoxy) is 1. The number of alkyl carbamates (subject to hydrolysis) is 1. The summed E-state index contributed by atoms with van der Waals surface area (Å²) in [4.78, 5) is 32.5. The Labute approximate surface area is 218 Å². The summed E-state index contributed by atoms with van der Waals surface area (Å²) >= 11 is 0. The molecule has 1 aromatic rings. The second-order valence-electron chi connectivity index (χ2n) is 9.61. The van der Waals surface area contributed by atoms with Crippen LogP contribution in [0.2, 0.25) is 0 Å². The van der Waals surface area contributed by atoms with Crippen LogP contribution < -0.4 is 5.32 Å². The topological polar surface area (TPSA) is 113 Å². The number of carbonyl (C=O) groups excluding carboxylic acids is 1. The first-order valence-corrected chi connectivity index (χ1v) is 16.5. The maximum Gasteiger partial charge on any atom is 0.408 e. The minimum atomic E-state index is -1.51. The fourth-order valence-corrected chi connectivity index (χ4v) is 10.2. The normalized spacial score (nSPS) is 12.1. The van der Waals surface area contributed by atoms with Gasteiger partial charge in [0.15, 0.2) is 0 Å². The molecular weight excluding hydrogens is 477 g/mol. The molecule has 0 radical (unpaired) electrons. The Bertz CT molecular complexity index is 691. The molecule has 0 aromatic heterocycles. The smallest absolute Gasteiger partial charge is 0.408 e. The number of carbonyl (C=O) groups is 3. The fourth-order valence-electron chi connectivity index (χ4n) is 4.24. The summed E-state index contributed by atoms with van der Waals surface area (Å²) in [7, 11) is -0.879. The fraction of sp³-hybridized carbons (Fsp3) is 0.679. The van der Waals surface area contributed by atoms with Gasteiger partial charge in [0.2, 0.25) is 0 Å². The predicted molar refractivity (Wildman–Crippen MR) is 151 cm³/mol. The van der Waals surface area contributed by atoms with Crippen molar-refractivity contribution in [3.8, 4) is 0 Å². The molecule has 0 bridgehead atoms. The number of benzene rings is 1. The molecule has 0 heterocycles. The van der Waals surface area contributed by atoms with Crippen LogP contribution in [-0.4, -0.2) is 58.9 Å². The van der Waals surface area contributed by atoms with Crippen LogP contribution in [0.15, 0.2) is 30.3 Å². The SMILES string of the molecule is CCCC[PH](CCCC)(CCCC)CCCC.O=C(O)C[C@H](NC(=O)OCc1ccccc1)C(=O)O. The molecule has 0 aliphatic heterocycles. The molecule has 0 spiro atoms. The minimum absolute atomic E-state index is 0.0217. The number of nitrogens with one attached hydrogen (secondary N) is 1. The molecular formula is C28H50NO6P. The maximum absolute atomic E-state index is 11.3. The summed E-state index contributed by atoms with van der Waals surface area (Å²) in [5.74, 6) is -2.75. The number of carboxylic acid groups (broad SMARTS) is 2. The van der Waals surface area contributed by atoms with Crippen molar-refractivity contribution in [2.75, 3.05) is 24.6 Å². The monoisotopic (exact) mass is 527 g/mol. The number of amides is 1. The summed E-state index contributed by atoms with van der Waals surface area (Å²) in [6, 6.07) is 7.29. The van der Waals surface area contributed by atoms with Crippen LogP contribution in [0, 0.1) is 0 Å². The minimum Gasteiger partial charge on any atom is -0.481 e. The van der Waals surface area contributed by atoms with Crippen molar-refractivity contribution in [3.63, 3.8) is 0 Å². The van der Waals surface area contributed by atoms with E-state index in [2.05, 4.69) is 27.7 Å². The first kappa shape index (κ1) is 33.9. The third-order valence-corrected chi connectivity index (χ3v) is 12.1. The number of hydrogen-bond acceptors (Lipinski definition) is 4. The van der Waals surface area contributed by atoms with Gasteiger partial charge in [-0.3, -0.25) is 4.79 Å². The van der Waals surface area contributed by atoms with Crippen LogP contribution >= 0.6 is 7.26 Å². The second kappa shape index (κ2) is 21.0. The average Bonchev–Trinajstić information content (AvgIpc) is 2.87. The summed E-state index contributed by atoms with van der Waals surface area (Å²) in [6.07, 6.45) is 16.4. The molecule has 8 heteroatoms. The van der Waals surface area contributed by atoms with Gasteiger partial charge in [-0.25, -0.2) is 9.59 Å². The van der Waals surface area contributed by atoms with Gasteiger partial charge in [0.25, 0.3) is 0 Å². The number of unbranched alkanes of at least 4 members (excludes halogenated alkanes) is 4. The van der Waals surface area contributed by atoms with Crippen molar-refractivity contribution in [2.45, 2.75) is 98.1 Å². The molecule has 1 aromatic carbocycles. The number of hydrogen-bond donors (Lipinski definition) is 3. The Balaban J connectivity index is 0.000000686. The van der Waals surface area contributed by atoms with Crippen LogP contribution in [0.3, 0.4) is 0 Å². The molecule has 1 rings (SSSR count). The zero-order chi connectivity index (χ0) is 27.2. The van der Waals surface area contributed by atoms with Crippen LogP contribution in [0.5, 0.6) is 0 Å². The van der Waals surface area contributed by atoms with Crippen molar-refractivity contribution < 1.29 is 29.3 Å². The zero-order valence-corrected chi connectivity index (χ0v) is 23.9. The largest absolute Gasteiger partial charge is 0.481 e. The molecule has 208 valence electrons. The van der Waals surface area contributed by atoms with Gasteiger partial charge >= 0.3 is 129 Å². The molecule has 0 saturated heterocycles. The molecule has 0 unspecified atom stereocenters. The third-order valence-electron chi connectivity index (χ3n) is 6.42. The number of carboxylic acids is 2. The third kappa shape index (κ3) is 16.5. The summed E-state index contributed by atoms with van der Waals surface area (Å²) in [6.45, 7) is 9.42. The molecule has 36 heavy (non-hydrogen) atoms. The standard InChI is InChI=1S/C16H37P.C12H13NO6/c1-5-9-13-17(14-10-6-2,15-11-7-3)16-12-8-4;14-10(15)6-9(11(16)17)13-12(18)19-7-8-4-2-1-3-5-8/h17H,5-16H2,1-4H3;1-5,9H,6-7H2,(H,13,18)(H,14,15)(H,16,17)/t;9-/m.0/s1. The van der Waals surface area contributed by atoms with E-state index >= 15 is 0 Å². The van der Waals surface area contributed by atoms with Crippen molar-refractivity contribution in [3.05, 3.63) is 35.9 Å². The predicted octanol–water partition coefficient (Wildman–Crippen LogP) is 6.78. The second-order valence-corrected chi connectivity index (χ2v) is 14.6. The van der Waals surface area contributed by atoms with Gasteiger partial charge in [-0.1, -0.05) is 30.3 Å². The van der Waals surface area contributed by atoms with Gasteiger partial charge < -0.3 is 20.3 Å². The Kier molecular flexibility index (Phi) is 19.7. The van der Waals surface area contributed by atoms with Gasteiger partial charge in [-0.15, -0.1) is 0 Å². The number of rotatable bonds is 18. The quantitative estimate of drug-likeness (QED) is 0.181. The van der Waals surface area contributed by atoms with Gasteiger partial charge in [-0.2, -0.15) is 0 Å². The van der Waals surface area contributed by atoms with Crippen molar-refractivity contribution in [2.24, 2.45) is 0 Å². The first-order valence-electron chi connectivity index (χ1n) is 13.6. The summed E-state index contributed by atoms with van der Waals surface area (Å²) < 4.78 is 4.78. The Morgan fingerprint density at radius 1 is 0.806 bits per heavy atom. The van der Waals surface area contributed by atoms with Crippen LogP contribution in [0.4, 0.5) is 4.79 Å². The Hall–Kier alpha value is -2.14. The molecule has 0 aliphatic rings. The van der Waals surface area contributed by atoms with E-state index in [1.807, 2.05) is 5.32 Å². The molecule has 0 fully saturated rings. The zero-order valence-electron chi connectivity index (χ0n) is 22.9. The van der Waals surface area contributed by atoms with Gasteiger partial charge in [0.1, 0.15) is 12.6 Å². The van der Waals surface area contributed by atoms with E-state index < -0.39 is 37.8 Å². The maximum atomic E-state index is 11.3. The van der Waals surface area contributed by atoms with Crippen molar-refractivity contribution >= 4 is 25.3 Å². The van der Waals surface area contributed by atoms with E-state index in [0.29, 0.717) is 0 Å². The van der Waals surface area contributed by atoms with E-state index in [1.165, 1.54) is 51.4 Å². The molecule has 1 amide bonds. The van der Waals surface area contributed by atoms with Gasteiger partial charge in [-0.05, 0) is 5.56 Å². The molecule has 1 atom stereocenters. The average molecular weight is 528 g/mol. The summed E-state index contributed by atoms with van der Waals surface area (Å²) in [5.41, 5.74) is 0.739. The van der Waals surface area contributed by atoms with Gasteiger partial charge in [0.05, 0.1) is 6.42 Å².